The average molecular weight is 504 g/mol. The SMILES string of the molecule is COc1cc(Oc2ccc3c(c2)C[C@@H](NC[C@H](O)c2ccc(Cl)cc2)CC3)ccc1C(=O)O.Cl. The highest BCUT2D eigenvalue weighted by molar-refractivity contribution is 6.30. The van der Waals surface area contributed by atoms with Crippen LogP contribution in [-0.4, -0.2) is 35.9 Å². The second kappa shape index (κ2) is 11.6. The lowest BCUT2D eigenvalue weighted by Gasteiger charge is -2.27. The first-order valence-corrected chi connectivity index (χ1v) is 11.2. The lowest BCUT2D eigenvalue weighted by molar-refractivity contribution is 0.0693. The Morgan fingerprint density at radius 2 is 1.79 bits per heavy atom. The topological polar surface area (TPSA) is 88.0 Å². The van der Waals surface area contributed by atoms with Crippen LogP contribution in [0.2, 0.25) is 5.02 Å². The molecule has 180 valence electrons. The van der Waals surface area contributed by atoms with Crippen molar-refractivity contribution in [2.24, 2.45) is 0 Å². The third kappa shape index (κ3) is 6.21. The number of fused-ring (bicyclic) bond motifs is 1. The number of aliphatic hydroxyl groups excluding tert-OH is 1. The smallest absolute Gasteiger partial charge is 0.339 e. The summed E-state index contributed by atoms with van der Waals surface area (Å²) in [5, 5.41) is 23.8. The number of carboxylic acids is 1. The maximum atomic E-state index is 11.3. The fourth-order valence-electron chi connectivity index (χ4n) is 4.10. The number of methoxy groups -OCH3 is 1. The van der Waals surface area contributed by atoms with Crippen molar-refractivity contribution in [3.05, 3.63) is 87.9 Å². The lowest BCUT2D eigenvalue weighted by atomic mass is 9.88. The van der Waals surface area contributed by atoms with Gasteiger partial charge in [0.1, 0.15) is 22.8 Å². The van der Waals surface area contributed by atoms with Crippen molar-refractivity contribution in [3.8, 4) is 17.2 Å². The molecule has 34 heavy (non-hydrogen) atoms. The van der Waals surface area contributed by atoms with Crippen molar-refractivity contribution in [2.75, 3.05) is 13.7 Å². The van der Waals surface area contributed by atoms with Crippen LogP contribution in [0.1, 0.15) is 39.6 Å². The Hall–Kier alpha value is -2.77. The summed E-state index contributed by atoms with van der Waals surface area (Å²) in [7, 11) is 1.43. The molecule has 3 aromatic carbocycles. The summed E-state index contributed by atoms with van der Waals surface area (Å²) >= 11 is 5.92. The average Bonchev–Trinajstić information content (AvgIpc) is 2.82. The Morgan fingerprint density at radius 1 is 1.09 bits per heavy atom. The molecule has 0 saturated carbocycles. The lowest BCUT2D eigenvalue weighted by Crippen LogP contribution is -2.37. The van der Waals surface area contributed by atoms with E-state index in [0.29, 0.717) is 23.1 Å². The number of halogens is 2. The zero-order valence-corrected chi connectivity index (χ0v) is 20.2. The molecule has 3 aromatic rings. The molecule has 0 spiro atoms. The van der Waals surface area contributed by atoms with Gasteiger partial charge in [0.2, 0.25) is 0 Å². The van der Waals surface area contributed by atoms with Crippen LogP contribution in [0, 0.1) is 0 Å². The van der Waals surface area contributed by atoms with E-state index in [2.05, 4.69) is 11.4 Å². The molecule has 2 atom stereocenters. The molecule has 3 N–H and O–H groups in total. The van der Waals surface area contributed by atoms with E-state index < -0.39 is 12.1 Å². The summed E-state index contributed by atoms with van der Waals surface area (Å²) in [4.78, 5) is 11.3. The monoisotopic (exact) mass is 503 g/mol. The Labute approximate surface area is 209 Å². The number of aliphatic hydroxyl groups is 1. The van der Waals surface area contributed by atoms with Gasteiger partial charge in [-0.05, 0) is 72.4 Å². The highest BCUT2D eigenvalue weighted by atomic mass is 35.5. The molecule has 4 rings (SSSR count). The van der Waals surface area contributed by atoms with Gasteiger partial charge < -0.3 is 25.0 Å². The highest BCUT2D eigenvalue weighted by Crippen LogP contribution is 2.31. The zero-order valence-electron chi connectivity index (χ0n) is 18.7. The minimum Gasteiger partial charge on any atom is -0.496 e. The molecule has 1 aliphatic carbocycles. The molecule has 0 aromatic heterocycles. The third-order valence-electron chi connectivity index (χ3n) is 5.90. The second-order valence-corrected chi connectivity index (χ2v) is 8.55. The predicted molar refractivity (Wildman–Crippen MR) is 134 cm³/mol. The largest absolute Gasteiger partial charge is 0.496 e. The van der Waals surface area contributed by atoms with Gasteiger partial charge in [-0.2, -0.15) is 0 Å². The number of aromatic carboxylic acids is 1. The van der Waals surface area contributed by atoms with Crippen molar-refractivity contribution in [3.63, 3.8) is 0 Å². The van der Waals surface area contributed by atoms with Gasteiger partial charge in [0.15, 0.2) is 0 Å². The second-order valence-electron chi connectivity index (χ2n) is 8.12. The Kier molecular flexibility index (Phi) is 8.80. The maximum Gasteiger partial charge on any atom is 0.339 e. The van der Waals surface area contributed by atoms with E-state index in [4.69, 9.17) is 21.1 Å². The third-order valence-corrected chi connectivity index (χ3v) is 6.15. The zero-order chi connectivity index (χ0) is 23.4. The van der Waals surface area contributed by atoms with Crippen LogP contribution in [-0.2, 0) is 12.8 Å². The van der Waals surface area contributed by atoms with Crippen LogP contribution < -0.4 is 14.8 Å². The summed E-state index contributed by atoms with van der Waals surface area (Å²) in [5.74, 6) is 0.391. The predicted octanol–water partition coefficient (Wildman–Crippen LogP) is 5.44. The number of nitrogens with one attached hydrogen (secondary N) is 1. The number of ether oxygens (including phenoxy) is 2. The summed E-state index contributed by atoms with van der Waals surface area (Å²) in [6.07, 6.45) is 2.18. The van der Waals surface area contributed by atoms with Gasteiger partial charge in [-0.1, -0.05) is 29.8 Å². The van der Waals surface area contributed by atoms with E-state index in [1.807, 2.05) is 24.3 Å². The van der Waals surface area contributed by atoms with Crippen LogP contribution in [0.5, 0.6) is 17.2 Å². The van der Waals surface area contributed by atoms with Crippen molar-refractivity contribution >= 4 is 30.0 Å². The quantitative estimate of drug-likeness (QED) is 0.379. The Bertz CT molecular complexity index is 1140. The van der Waals surface area contributed by atoms with Crippen molar-refractivity contribution in [1.82, 2.24) is 5.32 Å². The first-order valence-electron chi connectivity index (χ1n) is 10.8. The molecular weight excluding hydrogens is 477 g/mol. The fraction of sp³-hybridized carbons (Fsp3) is 0.269. The molecule has 0 unspecified atom stereocenters. The molecule has 0 aliphatic heterocycles. The number of rotatable bonds is 8. The number of carbonyl (C=O) groups is 1. The molecule has 0 heterocycles. The molecule has 0 saturated heterocycles. The molecule has 0 bridgehead atoms. The van der Waals surface area contributed by atoms with E-state index in [1.165, 1.54) is 24.3 Å². The Morgan fingerprint density at radius 3 is 2.50 bits per heavy atom. The van der Waals surface area contributed by atoms with E-state index in [1.54, 1.807) is 24.3 Å². The van der Waals surface area contributed by atoms with Crippen LogP contribution >= 0.6 is 24.0 Å². The van der Waals surface area contributed by atoms with Crippen LogP contribution in [0.15, 0.2) is 60.7 Å². The summed E-state index contributed by atoms with van der Waals surface area (Å²) < 4.78 is 11.2. The minimum absolute atomic E-state index is 0. The van der Waals surface area contributed by atoms with Gasteiger partial charge in [0.05, 0.1) is 13.2 Å². The normalized spacial score (nSPS) is 15.6. The molecule has 8 heteroatoms. The molecule has 0 amide bonds. The fourth-order valence-corrected chi connectivity index (χ4v) is 4.23. The summed E-state index contributed by atoms with van der Waals surface area (Å²) in [5.41, 5.74) is 3.41. The maximum absolute atomic E-state index is 11.3. The number of aryl methyl sites for hydroxylation is 1. The van der Waals surface area contributed by atoms with Gasteiger partial charge in [-0.15, -0.1) is 12.4 Å². The van der Waals surface area contributed by atoms with E-state index in [-0.39, 0.29) is 29.8 Å². The van der Waals surface area contributed by atoms with Crippen molar-refractivity contribution < 1.29 is 24.5 Å². The van der Waals surface area contributed by atoms with Gasteiger partial charge >= 0.3 is 5.97 Å². The number of hydrogen-bond acceptors (Lipinski definition) is 5. The number of hydrogen-bond donors (Lipinski definition) is 3. The van der Waals surface area contributed by atoms with E-state index in [0.717, 1.165) is 24.8 Å². The van der Waals surface area contributed by atoms with Gasteiger partial charge in [-0.3, -0.25) is 0 Å². The first-order chi connectivity index (χ1) is 15.9. The van der Waals surface area contributed by atoms with Crippen molar-refractivity contribution in [2.45, 2.75) is 31.4 Å². The van der Waals surface area contributed by atoms with Crippen LogP contribution in [0.3, 0.4) is 0 Å². The number of benzene rings is 3. The van der Waals surface area contributed by atoms with E-state index >= 15 is 0 Å². The highest BCUT2D eigenvalue weighted by Gasteiger charge is 2.20. The molecular formula is C26H27Cl2NO5. The molecule has 0 fully saturated rings. The van der Waals surface area contributed by atoms with Crippen LogP contribution in [0.25, 0.3) is 0 Å². The minimum atomic E-state index is -1.05. The number of carboxylic acid groups (broad SMARTS) is 1. The summed E-state index contributed by atoms with van der Waals surface area (Å²) in [6, 6.07) is 18.2. The molecule has 6 nitrogen and oxygen atoms in total. The van der Waals surface area contributed by atoms with Gasteiger partial charge in [-0.25, -0.2) is 4.79 Å². The van der Waals surface area contributed by atoms with Crippen molar-refractivity contribution in [1.29, 1.82) is 0 Å². The first kappa shape index (κ1) is 25.8. The standard InChI is InChI=1S/C26H26ClNO5.ClH/c1-32-25-14-22(10-11-23(25)26(30)31)33-21-9-5-16-4-8-20(12-18(16)13-21)28-15-24(29)17-2-6-19(27)7-3-17;/h2-3,5-7,9-11,13-14,20,24,28-29H,4,8,12,15H2,1H3,(H,30,31);1H/t20-,24-;/m0./s1. The van der Waals surface area contributed by atoms with Gasteiger partial charge in [0, 0.05) is 23.7 Å². The Balaban J connectivity index is 0.00000324. The van der Waals surface area contributed by atoms with Crippen LogP contribution in [0.4, 0.5) is 0 Å². The van der Waals surface area contributed by atoms with E-state index in [9.17, 15) is 15.0 Å². The van der Waals surface area contributed by atoms with Gasteiger partial charge in [0.25, 0.3) is 0 Å². The summed E-state index contributed by atoms with van der Waals surface area (Å²) in [6.45, 7) is 0.466. The molecule has 1 aliphatic rings. The molecule has 0 radical (unpaired) electrons.